The van der Waals surface area contributed by atoms with E-state index in [-0.39, 0.29) is 17.3 Å². The molecule has 0 fully saturated rings. The van der Waals surface area contributed by atoms with Crippen LogP contribution >= 0.6 is 0 Å². The molecule has 2 aromatic rings. The Morgan fingerprint density at radius 3 is 2.19 bits per heavy atom. The molecule has 0 unspecified atom stereocenters. The second-order valence-corrected chi connectivity index (χ2v) is 6.26. The van der Waals surface area contributed by atoms with Gasteiger partial charge < -0.3 is 5.73 Å². The molecule has 6 heteroatoms. The molecule has 2 rings (SSSR count). The molecule has 0 bridgehead atoms. The summed E-state index contributed by atoms with van der Waals surface area (Å²) in [7, 11) is -3.77. The van der Waals surface area contributed by atoms with E-state index in [0.717, 1.165) is 5.56 Å². The third-order valence-electron chi connectivity index (χ3n) is 2.96. The fourth-order valence-electron chi connectivity index (χ4n) is 1.70. The summed E-state index contributed by atoms with van der Waals surface area (Å²) in [6.45, 7) is 1.82. The molecule has 0 aliphatic carbocycles. The molecule has 2 aromatic carbocycles. The standard InChI is InChI=1S/C15H16N2O3S/c1-11-2-8-14(9-3-11)21(18,19)20-10-12-4-6-13(7-5-12)15(16)17/h2-9H,10H2,1H3,(H3,16,17). The van der Waals surface area contributed by atoms with E-state index in [1.54, 1.807) is 36.4 Å². The van der Waals surface area contributed by atoms with Crippen molar-refractivity contribution in [2.75, 3.05) is 0 Å². The fourth-order valence-corrected chi connectivity index (χ4v) is 2.60. The molecule has 0 heterocycles. The average Bonchev–Trinajstić information content (AvgIpc) is 2.46. The first-order valence-corrected chi connectivity index (χ1v) is 7.69. The molecule has 0 saturated heterocycles. The Morgan fingerprint density at radius 1 is 1.10 bits per heavy atom. The van der Waals surface area contributed by atoms with Crippen LogP contribution in [0, 0.1) is 12.3 Å². The maximum Gasteiger partial charge on any atom is 0.297 e. The van der Waals surface area contributed by atoms with Crippen LogP contribution in [0.5, 0.6) is 0 Å². The van der Waals surface area contributed by atoms with Gasteiger partial charge in [-0.25, -0.2) is 0 Å². The predicted octanol–water partition coefficient (Wildman–Crippen LogP) is 2.18. The Hall–Kier alpha value is -2.18. The lowest BCUT2D eigenvalue weighted by molar-refractivity contribution is 0.308. The summed E-state index contributed by atoms with van der Waals surface area (Å²) >= 11 is 0. The number of amidine groups is 1. The number of hydrogen-bond acceptors (Lipinski definition) is 4. The molecule has 0 atom stereocenters. The average molecular weight is 304 g/mol. The lowest BCUT2D eigenvalue weighted by Crippen LogP contribution is -2.11. The lowest BCUT2D eigenvalue weighted by atomic mass is 10.1. The van der Waals surface area contributed by atoms with Crippen LogP contribution in [0.25, 0.3) is 0 Å². The monoisotopic (exact) mass is 304 g/mol. The van der Waals surface area contributed by atoms with Gasteiger partial charge in [0.1, 0.15) is 5.84 Å². The lowest BCUT2D eigenvalue weighted by Gasteiger charge is -2.07. The highest BCUT2D eigenvalue weighted by molar-refractivity contribution is 7.86. The van der Waals surface area contributed by atoms with E-state index in [4.69, 9.17) is 15.3 Å². The van der Waals surface area contributed by atoms with Gasteiger partial charge in [-0.2, -0.15) is 8.42 Å². The highest BCUT2D eigenvalue weighted by Gasteiger charge is 2.14. The Kier molecular flexibility index (Phi) is 4.40. The molecule has 0 aliphatic heterocycles. The van der Waals surface area contributed by atoms with E-state index < -0.39 is 10.1 Å². The summed E-state index contributed by atoms with van der Waals surface area (Å²) in [6, 6.07) is 13.1. The molecule has 21 heavy (non-hydrogen) atoms. The first kappa shape index (κ1) is 15.2. The van der Waals surface area contributed by atoms with Gasteiger partial charge in [0.25, 0.3) is 10.1 Å². The minimum absolute atomic E-state index is 0.0326. The number of rotatable bonds is 5. The molecule has 0 spiro atoms. The number of nitrogens with one attached hydrogen (secondary N) is 1. The summed E-state index contributed by atoms with van der Waals surface area (Å²) in [5, 5.41) is 7.29. The van der Waals surface area contributed by atoms with E-state index in [0.29, 0.717) is 11.1 Å². The number of nitrogen functional groups attached to an aromatic ring is 1. The van der Waals surface area contributed by atoms with Gasteiger partial charge in [-0.1, -0.05) is 42.0 Å². The highest BCUT2D eigenvalue weighted by Crippen LogP contribution is 2.15. The van der Waals surface area contributed by atoms with E-state index in [2.05, 4.69) is 0 Å². The SMILES string of the molecule is Cc1ccc(S(=O)(=O)OCc2ccc(C(=N)N)cc2)cc1. The Bertz CT molecular complexity index is 735. The number of nitrogens with two attached hydrogens (primary N) is 1. The van der Waals surface area contributed by atoms with E-state index in [1.807, 2.05) is 6.92 Å². The summed E-state index contributed by atoms with van der Waals surface area (Å²) in [5.41, 5.74) is 7.61. The van der Waals surface area contributed by atoms with Gasteiger partial charge >= 0.3 is 0 Å². The minimum Gasteiger partial charge on any atom is -0.384 e. The van der Waals surface area contributed by atoms with Crippen LogP contribution in [0.2, 0.25) is 0 Å². The Labute approximate surface area is 124 Å². The third-order valence-corrected chi connectivity index (χ3v) is 4.23. The van der Waals surface area contributed by atoms with Gasteiger partial charge in [0.05, 0.1) is 11.5 Å². The van der Waals surface area contributed by atoms with Crippen molar-refractivity contribution in [2.24, 2.45) is 5.73 Å². The van der Waals surface area contributed by atoms with Gasteiger partial charge in [0, 0.05) is 5.56 Å². The molecule has 3 N–H and O–H groups in total. The van der Waals surface area contributed by atoms with Gasteiger partial charge in [0.15, 0.2) is 0 Å². The molecule has 110 valence electrons. The second-order valence-electron chi connectivity index (χ2n) is 4.64. The van der Waals surface area contributed by atoms with Crippen LogP contribution in [0.3, 0.4) is 0 Å². The van der Waals surface area contributed by atoms with Crippen molar-refractivity contribution in [3.8, 4) is 0 Å². The van der Waals surface area contributed by atoms with Crippen molar-refractivity contribution >= 4 is 16.0 Å². The van der Waals surface area contributed by atoms with Gasteiger partial charge in [-0.15, -0.1) is 0 Å². The summed E-state index contributed by atoms with van der Waals surface area (Å²) in [6.07, 6.45) is 0. The van der Waals surface area contributed by atoms with Crippen molar-refractivity contribution in [1.82, 2.24) is 0 Å². The quantitative estimate of drug-likeness (QED) is 0.503. The topological polar surface area (TPSA) is 93.2 Å². The van der Waals surface area contributed by atoms with Crippen LogP contribution in [0.4, 0.5) is 0 Å². The number of hydrogen-bond donors (Lipinski definition) is 2. The zero-order valence-corrected chi connectivity index (χ0v) is 12.4. The van der Waals surface area contributed by atoms with Crippen LogP contribution in [-0.4, -0.2) is 14.3 Å². The maximum absolute atomic E-state index is 12.0. The smallest absolute Gasteiger partial charge is 0.297 e. The Balaban J connectivity index is 2.08. The second kappa shape index (κ2) is 6.07. The summed E-state index contributed by atoms with van der Waals surface area (Å²) < 4.78 is 29.1. The predicted molar refractivity (Wildman–Crippen MR) is 80.6 cm³/mol. The molecule has 0 aromatic heterocycles. The van der Waals surface area contributed by atoms with Gasteiger partial charge in [-0.05, 0) is 24.6 Å². The van der Waals surface area contributed by atoms with Crippen molar-refractivity contribution in [3.05, 3.63) is 65.2 Å². The van der Waals surface area contributed by atoms with Crippen LogP contribution in [-0.2, 0) is 20.9 Å². The van der Waals surface area contributed by atoms with Crippen LogP contribution in [0.1, 0.15) is 16.7 Å². The van der Waals surface area contributed by atoms with Crippen molar-refractivity contribution in [2.45, 2.75) is 18.4 Å². The third kappa shape index (κ3) is 3.90. The largest absolute Gasteiger partial charge is 0.384 e. The molecular formula is C15H16N2O3S. The zero-order chi connectivity index (χ0) is 15.5. The molecule has 0 saturated carbocycles. The maximum atomic E-state index is 12.0. The summed E-state index contributed by atoms with van der Waals surface area (Å²) in [4.78, 5) is 0.133. The van der Waals surface area contributed by atoms with Gasteiger partial charge in [0.2, 0.25) is 0 Å². The van der Waals surface area contributed by atoms with Crippen molar-refractivity contribution in [1.29, 1.82) is 5.41 Å². The molecular weight excluding hydrogens is 288 g/mol. The molecule has 5 nitrogen and oxygen atoms in total. The van der Waals surface area contributed by atoms with Gasteiger partial charge in [-0.3, -0.25) is 9.59 Å². The molecule has 0 aliphatic rings. The fraction of sp³-hybridized carbons (Fsp3) is 0.133. The van der Waals surface area contributed by atoms with E-state index in [9.17, 15) is 8.42 Å². The number of aryl methyl sites for hydroxylation is 1. The first-order chi connectivity index (χ1) is 9.88. The molecule has 0 amide bonds. The summed E-state index contributed by atoms with van der Waals surface area (Å²) in [5.74, 6) is -0.0326. The minimum atomic E-state index is -3.77. The zero-order valence-electron chi connectivity index (χ0n) is 11.5. The first-order valence-electron chi connectivity index (χ1n) is 6.28. The van der Waals surface area contributed by atoms with E-state index in [1.165, 1.54) is 12.1 Å². The normalized spacial score (nSPS) is 11.3. The van der Waals surface area contributed by atoms with Crippen LogP contribution in [0.15, 0.2) is 53.4 Å². The Morgan fingerprint density at radius 2 is 1.67 bits per heavy atom. The van der Waals surface area contributed by atoms with Crippen molar-refractivity contribution < 1.29 is 12.6 Å². The van der Waals surface area contributed by atoms with Crippen LogP contribution < -0.4 is 5.73 Å². The highest BCUT2D eigenvalue weighted by atomic mass is 32.2. The number of benzene rings is 2. The van der Waals surface area contributed by atoms with E-state index >= 15 is 0 Å². The van der Waals surface area contributed by atoms with Crippen molar-refractivity contribution in [3.63, 3.8) is 0 Å². The molecule has 0 radical (unpaired) electrons.